The summed E-state index contributed by atoms with van der Waals surface area (Å²) in [5.74, 6) is 0. The lowest BCUT2D eigenvalue weighted by molar-refractivity contribution is 0.231. The predicted octanol–water partition coefficient (Wildman–Crippen LogP) is 2.22. The van der Waals surface area contributed by atoms with Gasteiger partial charge in [0.2, 0.25) is 0 Å². The van der Waals surface area contributed by atoms with Gasteiger partial charge in [-0.1, -0.05) is 29.3 Å². The number of nitrogens with one attached hydrogen (secondary N) is 2. The van der Waals surface area contributed by atoms with Crippen molar-refractivity contribution < 1.29 is 9.90 Å². The highest BCUT2D eigenvalue weighted by Crippen LogP contribution is 2.21. The van der Waals surface area contributed by atoms with Gasteiger partial charge in [0, 0.05) is 22.6 Å². The second-order valence-electron chi connectivity index (χ2n) is 3.96. The summed E-state index contributed by atoms with van der Waals surface area (Å²) in [6.07, 6.45) is 0.614. The molecule has 0 aromatic heterocycles. The van der Waals surface area contributed by atoms with Crippen LogP contribution in [-0.4, -0.2) is 30.3 Å². The van der Waals surface area contributed by atoms with Crippen molar-refractivity contribution in [1.29, 1.82) is 0 Å². The van der Waals surface area contributed by atoms with E-state index in [2.05, 4.69) is 10.6 Å². The average molecular weight is 291 g/mol. The van der Waals surface area contributed by atoms with Gasteiger partial charge in [0.05, 0.1) is 6.61 Å². The molecule has 3 N–H and O–H groups in total. The molecule has 2 amide bonds. The maximum absolute atomic E-state index is 11.4. The van der Waals surface area contributed by atoms with E-state index in [4.69, 9.17) is 28.3 Å². The van der Waals surface area contributed by atoms with E-state index in [1.807, 2.05) is 13.0 Å². The number of hydrogen-bond donors (Lipinski definition) is 3. The third kappa shape index (κ3) is 5.12. The molecule has 6 heteroatoms. The zero-order chi connectivity index (χ0) is 13.5. The fourth-order valence-electron chi connectivity index (χ4n) is 1.51. The van der Waals surface area contributed by atoms with Gasteiger partial charge in [-0.2, -0.15) is 0 Å². The number of hydrogen-bond acceptors (Lipinski definition) is 2. The molecule has 0 saturated carbocycles. The highest BCUT2D eigenvalue weighted by atomic mass is 35.5. The maximum Gasteiger partial charge on any atom is 0.315 e. The van der Waals surface area contributed by atoms with Crippen molar-refractivity contribution >= 4 is 29.2 Å². The van der Waals surface area contributed by atoms with Crippen LogP contribution >= 0.6 is 23.2 Å². The van der Waals surface area contributed by atoms with Gasteiger partial charge in [0.15, 0.2) is 0 Å². The Morgan fingerprint density at radius 1 is 1.44 bits per heavy atom. The summed E-state index contributed by atoms with van der Waals surface area (Å²) in [5, 5.41) is 15.0. The first kappa shape index (κ1) is 15.1. The minimum absolute atomic E-state index is 0.0673. The van der Waals surface area contributed by atoms with Crippen LogP contribution in [0, 0.1) is 0 Å². The molecule has 1 aromatic carbocycles. The highest BCUT2D eigenvalue weighted by molar-refractivity contribution is 6.35. The SMILES string of the molecule is CC(Cc1ccc(Cl)cc1Cl)NC(=O)NCCO. The molecule has 0 spiro atoms. The Labute approximate surface area is 116 Å². The Bertz CT molecular complexity index is 413. The lowest BCUT2D eigenvalue weighted by atomic mass is 10.1. The van der Waals surface area contributed by atoms with Crippen LogP contribution in [0.1, 0.15) is 12.5 Å². The van der Waals surface area contributed by atoms with Crippen molar-refractivity contribution in [3.05, 3.63) is 33.8 Å². The topological polar surface area (TPSA) is 61.4 Å². The number of carbonyl (C=O) groups excluding carboxylic acids is 1. The molecule has 18 heavy (non-hydrogen) atoms. The van der Waals surface area contributed by atoms with Gasteiger partial charge in [0.1, 0.15) is 0 Å². The molecule has 4 nitrogen and oxygen atoms in total. The number of carbonyl (C=O) groups is 1. The summed E-state index contributed by atoms with van der Waals surface area (Å²) in [6.45, 7) is 2.04. The van der Waals surface area contributed by atoms with Gasteiger partial charge >= 0.3 is 6.03 Å². The maximum atomic E-state index is 11.4. The Balaban J connectivity index is 2.48. The van der Waals surface area contributed by atoms with E-state index in [1.54, 1.807) is 12.1 Å². The first-order valence-electron chi connectivity index (χ1n) is 5.62. The molecule has 1 atom stereocenters. The van der Waals surface area contributed by atoms with Crippen LogP contribution in [0.5, 0.6) is 0 Å². The number of halogens is 2. The fourth-order valence-corrected chi connectivity index (χ4v) is 2.00. The van der Waals surface area contributed by atoms with Gasteiger partial charge in [-0.3, -0.25) is 0 Å². The van der Waals surface area contributed by atoms with Crippen molar-refractivity contribution in [2.45, 2.75) is 19.4 Å². The highest BCUT2D eigenvalue weighted by Gasteiger charge is 2.09. The van der Waals surface area contributed by atoms with Crippen LogP contribution in [0.2, 0.25) is 10.0 Å². The second-order valence-corrected chi connectivity index (χ2v) is 4.81. The smallest absolute Gasteiger partial charge is 0.315 e. The van der Waals surface area contributed by atoms with E-state index in [9.17, 15) is 4.79 Å². The Hall–Kier alpha value is -0.970. The minimum atomic E-state index is -0.304. The molecule has 1 rings (SSSR count). The summed E-state index contributed by atoms with van der Waals surface area (Å²) in [7, 11) is 0. The Kier molecular flexibility index (Phi) is 6.25. The van der Waals surface area contributed by atoms with Crippen LogP contribution in [-0.2, 0) is 6.42 Å². The van der Waals surface area contributed by atoms with Crippen LogP contribution in [0.15, 0.2) is 18.2 Å². The molecule has 0 aliphatic rings. The van der Waals surface area contributed by atoms with E-state index >= 15 is 0 Å². The van der Waals surface area contributed by atoms with Gasteiger partial charge < -0.3 is 15.7 Å². The van der Waals surface area contributed by atoms with Crippen molar-refractivity contribution in [2.75, 3.05) is 13.2 Å². The van der Waals surface area contributed by atoms with E-state index < -0.39 is 0 Å². The van der Waals surface area contributed by atoms with Crippen molar-refractivity contribution in [3.63, 3.8) is 0 Å². The number of amides is 2. The van der Waals surface area contributed by atoms with E-state index in [0.717, 1.165) is 5.56 Å². The van der Waals surface area contributed by atoms with Gasteiger partial charge in [0.25, 0.3) is 0 Å². The second kappa shape index (κ2) is 7.46. The van der Waals surface area contributed by atoms with Crippen LogP contribution in [0.25, 0.3) is 0 Å². The number of rotatable bonds is 5. The van der Waals surface area contributed by atoms with Crippen LogP contribution in [0.3, 0.4) is 0 Å². The van der Waals surface area contributed by atoms with Crippen molar-refractivity contribution in [1.82, 2.24) is 10.6 Å². The first-order valence-corrected chi connectivity index (χ1v) is 6.37. The summed E-state index contributed by atoms with van der Waals surface area (Å²) < 4.78 is 0. The molecule has 0 aliphatic carbocycles. The fraction of sp³-hybridized carbons (Fsp3) is 0.417. The Morgan fingerprint density at radius 3 is 2.78 bits per heavy atom. The summed E-state index contributed by atoms with van der Waals surface area (Å²) in [4.78, 5) is 11.4. The third-order valence-corrected chi connectivity index (χ3v) is 2.90. The molecule has 100 valence electrons. The quantitative estimate of drug-likeness (QED) is 0.779. The number of aliphatic hydroxyl groups excluding tert-OH is 1. The van der Waals surface area contributed by atoms with E-state index in [1.165, 1.54) is 0 Å². The molecule has 0 aliphatic heterocycles. The minimum Gasteiger partial charge on any atom is -0.395 e. The molecule has 0 fully saturated rings. The normalized spacial score (nSPS) is 12.0. The van der Waals surface area contributed by atoms with Gasteiger partial charge in [-0.05, 0) is 31.0 Å². The number of urea groups is 1. The zero-order valence-electron chi connectivity index (χ0n) is 10.0. The lowest BCUT2D eigenvalue weighted by Gasteiger charge is -2.15. The van der Waals surface area contributed by atoms with Crippen molar-refractivity contribution in [3.8, 4) is 0 Å². The zero-order valence-corrected chi connectivity index (χ0v) is 11.6. The monoisotopic (exact) mass is 290 g/mol. The molecule has 0 heterocycles. The van der Waals surface area contributed by atoms with Crippen molar-refractivity contribution in [2.24, 2.45) is 0 Å². The molecule has 0 radical (unpaired) electrons. The first-order chi connectivity index (χ1) is 8.52. The van der Waals surface area contributed by atoms with Gasteiger partial charge in [-0.15, -0.1) is 0 Å². The largest absolute Gasteiger partial charge is 0.395 e. The molecular weight excluding hydrogens is 275 g/mol. The standard InChI is InChI=1S/C12H16Cl2N2O2/c1-8(16-12(18)15-4-5-17)6-9-2-3-10(13)7-11(9)14/h2-3,7-8,17H,4-6H2,1H3,(H2,15,16,18). The molecule has 1 unspecified atom stereocenters. The molecule has 0 bridgehead atoms. The average Bonchev–Trinajstić information content (AvgIpc) is 2.30. The third-order valence-electron chi connectivity index (χ3n) is 2.32. The Morgan fingerprint density at radius 2 is 2.17 bits per heavy atom. The van der Waals surface area contributed by atoms with Crippen LogP contribution in [0.4, 0.5) is 4.79 Å². The number of aliphatic hydroxyl groups is 1. The molecule has 1 aromatic rings. The summed E-state index contributed by atoms with van der Waals surface area (Å²) >= 11 is 11.9. The predicted molar refractivity (Wildman–Crippen MR) is 73.2 cm³/mol. The van der Waals surface area contributed by atoms with E-state index in [-0.39, 0.29) is 25.2 Å². The lowest BCUT2D eigenvalue weighted by Crippen LogP contribution is -2.42. The summed E-state index contributed by atoms with van der Waals surface area (Å²) in [5.41, 5.74) is 0.927. The molecular formula is C12H16Cl2N2O2. The van der Waals surface area contributed by atoms with E-state index in [0.29, 0.717) is 16.5 Å². The van der Waals surface area contributed by atoms with Gasteiger partial charge in [-0.25, -0.2) is 4.79 Å². The van der Waals surface area contributed by atoms with Crippen LogP contribution < -0.4 is 10.6 Å². The summed E-state index contributed by atoms with van der Waals surface area (Å²) in [6, 6.07) is 4.91. The number of benzene rings is 1. The molecule has 0 saturated heterocycles.